The zero-order valence-corrected chi connectivity index (χ0v) is 21.0. The van der Waals surface area contributed by atoms with Gasteiger partial charge in [-0.15, -0.1) is 0 Å². The molecule has 8 nitrogen and oxygen atoms in total. The molecule has 4 aromatic rings. The van der Waals surface area contributed by atoms with E-state index in [1.165, 1.54) is 31.7 Å². The van der Waals surface area contributed by atoms with Crippen LogP contribution in [0.2, 0.25) is 4.34 Å². The molecular formula is C23H17ClF2N4O4S2. The summed E-state index contributed by atoms with van der Waals surface area (Å²) in [4.78, 5) is 12.4. The van der Waals surface area contributed by atoms with Crippen molar-refractivity contribution in [2.24, 2.45) is 4.99 Å². The predicted octanol–water partition coefficient (Wildman–Crippen LogP) is 5.71. The van der Waals surface area contributed by atoms with Gasteiger partial charge in [0, 0.05) is 17.3 Å². The summed E-state index contributed by atoms with van der Waals surface area (Å²) in [5, 5.41) is 9.83. The standard InChI is InChI=1S/C23H17ClF2N4O4S2/c1-12-8-15(27-10-14-4-3-5-18(34-2)20(14)31)11-28-22(12)36(32,33)30-23-29-19(21(24)35-23)13-6-7-16(25)17(26)9-13/h3-11,31H,1-2H3,(H,29,30). The van der Waals surface area contributed by atoms with E-state index >= 15 is 0 Å². The van der Waals surface area contributed by atoms with Crippen molar-refractivity contribution in [3.63, 3.8) is 0 Å². The number of aryl methyl sites for hydroxylation is 1. The number of hydrogen-bond acceptors (Lipinski definition) is 8. The Morgan fingerprint density at radius 1 is 1.19 bits per heavy atom. The van der Waals surface area contributed by atoms with Crippen LogP contribution < -0.4 is 9.46 Å². The molecule has 0 aliphatic heterocycles. The molecule has 2 aromatic heterocycles. The summed E-state index contributed by atoms with van der Waals surface area (Å²) < 4.78 is 60.2. The van der Waals surface area contributed by atoms with Crippen LogP contribution in [0.1, 0.15) is 11.1 Å². The fourth-order valence-electron chi connectivity index (χ4n) is 3.18. The highest BCUT2D eigenvalue weighted by Crippen LogP contribution is 2.36. The number of aromatic hydroxyl groups is 1. The third-order valence-corrected chi connectivity index (χ3v) is 7.57. The summed E-state index contributed by atoms with van der Waals surface area (Å²) >= 11 is 6.98. The van der Waals surface area contributed by atoms with Crippen LogP contribution in [0.5, 0.6) is 11.5 Å². The Balaban J connectivity index is 1.56. The molecule has 0 bridgehead atoms. The summed E-state index contributed by atoms with van der Waals surface area (Å²) in [6, 6.07) is 9.57. The number of para-hydroxylation sites is 1. The quantitative estimate of drug-likeness (QED) is 0.285. The zero-order valence-electron chi connectivity index (χ0n) is 18.7. The second-order valence-corrected chi connectivity index (χ2v) is 10.5. The van der Waals surface area contributed by atoms with Gasteiger partial charge < -0.3 is 9.84 Å². The summed E-state index contributed by atoms with van der Waals surface area (Å²) in [5.41, 5.74) is 1.36. The lowest BCUT2D eigenvalue weighted by Gasteiger charge is -2.08. The fraction of sp³-hybridized carbons (Fsp3) is 0.0870. The Morgan fingerprint density at radius 2 is 1.97 bits per heavy atom. The normalized spacial score (nSPS) is 11.7. The van der Waals surface area contributed by atoms with E-state index in [1.807, 2.05) is 0 Å². The highest BCUT2D eigenvalue weighted by atomic mass is 35.5. The zero-order chi connectivity index (χ0) is 26.0. The van der Waals surface area contributed by atoms with Crippen molar-refractivity contribution >= 4 is 50.0 Å². The molecule has 0 radical (unpaired) electrons. The first kappa shape index (κ1) is 25.5. The van der Waals surface area contributed by atoms with Crippen LogP contribution in [0.25, 0.3) is 11.3 Å². The second-order valence-electron chi connectivity index (χ2n) is 7.35. The number of anilines is 1. The van der Waals surface area contributed by atoms with Crippen LogP contribution in [-0.2, 0) is 10.0 Å². The Hall–Kier alpha value is -3.61. The largest absolute Gasteiger partial charge is 0.504 e. The molecule has 0 saturated carbocycles. The van der Waals surface area contributed by atoms with Gasteiger partial charge in [-0.1, -0.05) is 29.0 Å². The monoisotopic (exact) mass is 550 g/mol. The number of methoxy groups -OCH3 is 1. The van der Waals surface area contributed by atoms with Gasteiger partial charge >= 0.3 is 0 Å². The molecule has 0 spiro atoms. The number of phenolic OH excluding ortho intramolecular Hbond substituents is 1. The lowest BCUT2D eigenvalue weighted by Crippen LogP contribution is -2.15. The average molecular weight is 551 g/mol. The van der Waals surface area contributed by atoms with E-state index in [4.69, 9.17) is 16.3 Å². The van der Waals surface area contributed by atoms with E-state index in [0.29, 0.717) is 16.8 Å². The maximum absolute atomic E-state index is 13.6. The van der Waals surface area contributed by atoms with Crippen molar-refractivity contribution in [2.75, 3.05) is 11.8 Å². The molecule has 4 rings (SSSR count). The van der Waals surface area contributed by atoms with Gasteiger partial charge in [0.05, 0.1) is 19.0 Å². The molecule has 0 saturated heterocycles. The van der Waals surface area contributed by atoms with Crippen molar-refractivity contribution in [3.8, 4) is 22.8 Å². The molecule has 0 atom stereocenters. The van der Waals surface area contributed by atoms with Crippen LogP contribution in [0, 0.1) is 18.6 Å². The molecule has 2 aromatic carbocycles. The summed E-state index contributed by atoms with van der Waals surface area (Å²) in [7, 11) is -2.73. The lowest BCUT2D eigenvalue weighted by atomic mass is 10.2. The third-order valence-electron chi connectivity index (χ3n) is 4.87. The first-order chi connectivity index (χ1) is 17.1. The first-order valence-electron chi connectivity index (χ1n) is 10.1. The smallest absolute Gasteiger partial charge is 0.281 e. The molecule has 186 valence electrons. The highest BCUT2D eigenvalue weighted by molar-refractivity contribution is 7.92. The number of hydrogen-bond donors (Lipinski definition) is 2. The summed E-state index contributed by atoms with van der Waals surface area (Å²) in [6.07, 6.45) is 2.66. The SMILES string of the molecule is COc1cccc(C=Nc2cnc(S(=O)(=O)Nc3nc(-c4ccc(F)c(F)c4)c(Cl)s3)c(C)c2)c1O. The molecule has 0 unspecified atom stereocenters. The molecule has 36 heavy (non-hydrogen) atoms. The molecule has 2 N–H and O–H groups in total. The van der Waals surface area contributed by atoms with Gasteiger partial charge in [0.1, 0.15) is 10.0 Å². The van der Waals surface area contributed by atoms with Crippen LogP contribution >= 0.6 is 22.9 Å². The Kier molecular flexibility index (Phi) is 7.20. The second kappa shape index (κ2) is 10.2. The van der Waals surface area contributed by atoms with Crippen LogP contribution in [0.3, 0.4) is 0 Å². The number of pyridine rings is 1. The number of phenols is 1. The van der Waals surface area contributed by atoms with Gasteiger partial charge in [0.2, 0.25) is 0 Å². The van der Waals surface area contributed by atoms with Gasteiger partial charge in [-0.25, -0.2) is 18.7 Å². The molecule has 0 aliphatic rings. The van der Waals surface area contributed by atoms with Crippen molar-refractivity contribution < 1.29 is 27.0 Å². The number of nitrogens with zero attached hydrogens (tertiary/aromatic N) is 3. The topological polar surface area (TPSA) is 114 Å². The molecule has 0 aliphatic carbocycles. The van der Waals surface area contributed by atoms with E-state index < -0.39 is 21.7 Å². The van der Waals surface area contributed by atoms with Crippen LogP contribution in [-0.4, -0.2) is 36.8 Å². The number of nitrogens with one attached hydrogen (secondary N) is 1. The van der Waals surface area contributed by atoms with Crippen molar-refractivity contribution in [1.29, 1.82) is 0 Å². The number of halogens is 3. The lowest BCUT2D eigenvalue weighted by molar-refractivity contribution is 0.373. The molecule has 13 heteroatoms. The maximum Gasteiger partial charge on any atom is 0.281 e. The van der Waals surface area contributed by atoms with E-state index in [2.05, 4.69) is 19.7 Å². The van der Waals surface area contributed by atoms with Gasteiger partial charge in [-0.3, -0.25) is 9.71 Å². The Morgan fingerprint density at radius 3 is 2.67 bits per heavy atom. The number of thiazole rings is 1. The minimum absolute atomic E-state index is 0.0727. The summed E-state index contributed by atoms with van der Waals surface area (Å²) in [6.45, 7) is 1.55. The predicted molar refractivity (Wildman–Crippen MR) is 134 cm³/mol. The van der Waals surface area contributed by atoms with Gasteiger partial charge in [-0.05, 0) is 48.9 Å². The van der Waals surface area contributed by atoms with Crippen molar-refractivity contribution in [2.45, 2.75) is 11.9 Å². The number of sulfonamides is 1. The fourth-order valence-corrected chi connectivity index (χ4v) is 5.66. The Bertz CT molecular complexity index is 1590. The van der Waals surface area contributed by atoms with Gasteiger partial charge in [0.15, 0.2) is 33.3 Å². The Labute approximate surface area is 214 Å². The van der Waals surface area contributed by atoms with Gasteiger partial charge in [-0.2, -0.15) is 8.42 Å². The molecule has 2 heterocycles. The molecule has 0 fully saturated rings. The van der Waals surface area contributed by atoms with E-state index in [-0.39, 0.29) is 37.3 Å². The minimum atomic E-state index is -4.16. The first-order valence-corrected chi connectivity index (χ1v) is 12.8. The van der Waals surface area contributed by atoms with E-state index in [1.54, 1.807) is 25.1 Å². The highest BCUT2D eigenvalue weighted by Gasteiger charge is 2.22. The maximum atomic E-state index is 13.6. The minimum Gasteiger partial charge on any atom is -0.504 e. The number of ether oxygens (including phenoxy) is 1. The van der Waals surface area contributed by atoms with Crippen LogP contribution in [0.15, 0.2) is 58.7 Å². The van der Waals surface area contributed by atoms with E-state index in [0.717, 1.165) is 23.5 Å². The van der Waals surface area contributed by atoms with Crippen molar-refractivity contribution in [1.82, 2.24) is 9.97 Å². The molecular weight excluding hydrogens is 534 g/mol. The third kappa shape index (κ3) is 5.30. The summed E-state index contributed by atoms with van der Waals surface area (Å²) in [5.74, 6) is -1.90. The van der Waals surface area contributed by atoms with Crippen molar-refractivity contribution in [3.05, 3.63) is 75.8 Å². The average Bonchev–Trinajstić information content (AvgIpc) is 3.19. The number of rotatable bonds is 7. The number of benzene rings is 2. The molecule has 0 amide bonds. The number of aliphatic imine (C=N–C) groups is 1. The van der Waals surface area contributed by atoms with Gasteiger partial charge in [0.25, 0.3) is 10.0 Å². The van der Waals surface area contributed by atoms with E-state index in [9.17, 15) is 22.3 Å². The number of aromatic nitrogens is 2. The van der Waals surface area contributed by atoms with Crippen LogP contribution in [0.4, 0.5) is 19.6 Å².